The van der Waals surface area contributed by atoms with Gasteiger partial charge >= 0.3 is 0 Å². The summed E-state index contributed by atoms with van der Waals surface area (Å²) in [6, 6.07) is 0.595. The van der Waals surface area contributed by atoms with Crippen molar-refractivity contribution in [2.45, 2.75) is 25.4 Å². The van der Waals surface area contributed by atoms with E-state index in [0.717, 1.165) is 5.69 Å². The highest BCUT2D eigenvalue weighted by atomic mass is 32.1. The minimum Gasteiger partial charge on any atom is -0.451 e. The van der Waals surface area contributed by atoms with Gasteiger partial charge in [-0.25, -0.2) is 4.98 Å². The molecular weight excluding hydrogens is 186 g/mol. The number of nitrogens with one attached hydrogen (secondary N) is 2. The highest BCUT2D eigenvalue weighted by Crippen LogP contribution is 2.18. The van der Waals surface area contributed by atoms with Crippen LogP contribution in [0, 0.1) is 0 Å². The van der Waals surface area contributed by atoms with Crippen LogP contribution in [0.2, 0.25) is 0 Å². The number of thiocarbonyl (C=S) groups is 1. The molecule has 0 radical (unpaired) electrons. The highest BCUT2D eigenvalue weighted by molar-refractivity contribution is 7.80. The van der Waals surface area contributed by atoms with Crippen molar-refractivity contribution in [2.75, 3.05) is 0 Å². The standard InChI is InChI=1S/C8H11N3OS/c13-8(11-6-1-2-6)9-3-7-4-12-5-10-7/h4-6H,1-3H2,(H2,9,11,13). The summed E-state index contributed by atoms with van der Waals surface area (Å²) in [5.41, 5.74) is 0.861. The summed E-state index contributed by atoms with van der Waals surface area (Å²) in [6.45, 7) is 0.620. The monoisotopic (exact) mass is 197 g/mol. The van der Waals surface area contributed by atoms with Gasteiger partial charge in [-0.05, 0) is 25.1 Å². The Morgan fingerprint density at radius 1 is 1.69 bits per heavy atom. The van der Waals surface area contributed by atoms with E-state index in [2.05, 4.69) is 15.6 Å². The summed E-state index contributed by atoms with van der Waals surface area (Å²) in [5.74, 6) is 0. The summed E-state index contributed by atoms with van der Waals surface area (Å²) in [4.78, 5) is 3.97. The molecule has 0 unspecified atom stereocenters. The summed E-state index contributed by atoms with van der Waals surface area (Å²) in [5, 5.41) is 6.93. The first-order chi connectivity index (χ1) is 6.34. The van der Waals surface area contributed by atoms with Gasteiger partial charge in [0.25, 0.3) is 0 Å². The van der Waals surface area contributed by atoms with Crippen LogP contribution >= 0.6 is 12.2 Å². The fourth-order valence-corrected chi connectivity index (χ4v) is 1.20. The van der Waals surface area contributed by atoms with Crippen LogP contribution in [0.5, 0.6) is 0 Å². The van der Waals surface area contributed by atoms with Crippen LogP contribution in [0.1, 0.15) is 18.5 Å². The van der Waals surface area contributed by atoms with Crippen molar-refractivity contribution in [3.05, 3.63) is 18.4 Å². The molecule has 1 fully saturated rings. The van der Waals surface area contributed by atoms with Crippen LogP contribution in [0.25, 0.3) is 0 Å². The van der Waals surface area contributed by atoms with Crippen LogP contribution < -0.4 is 10.6 Å². The normalized spacial score (nSPS) is 15.4. The number of aromatic nitrogens is 1. The molecule has 1 aliphatic carbocycles. The number of hydrogen-bond acceptors (Lipinski definition) is 3. The summed E-state index contributed by atoms with van der Waals surface area (Å²) in [6.07, 6.45) is 5.47. The molecule has 5 heteroatoms. The first-order valence-electron chi connectivity index (χ1n) is 4.26. The second-order valence-electron chi connectivity index (χ2n) is 3.08. The Bertz CT molecular complexity index is 282. The van der Waals surface area contributed by atoms with E-state index in [1.165, 1.54) is 19.2 Å². The van der Waals surface area contributed by atoms with E-state index in [4.69, 9.17) is 16.6 Å². The van der Waals surface area contributed by atoms with Crippen LogP contribution in [0.4, 0.5) is 0 Å². The number of hydrogen-bond donors (Lipinski definition) is 2. The lowest BCUT2D eigenvalue weighted by Gasteiger charge is -2.07. The third kappa shape index (κ3) is 2.69. The van der Waals surface area contributed by atoms with E-state index in [1.54, 1.807) is 6.26 Å². The van der Waals surface area contributed by atoms with Crippen LogP contribution in [-0.2, 0) is 6.54 Å². The predicted octanol–water partition coefficient (Wildman–Crippen LogP) is 0.801. The van der Waals surface area contributed by atoms with Crippen LogP contribution in [0.15, 0.2) is 17.1 Å². The highest BCUT2D eigenvalue weighted by Gasteiger charge is 2.21. The average Bonchev–Trinajstić information content (AvgIpc) is 2.78. The smallest absolute Gasteiger partial charge is 0.180 e. The Labute approximate surface area is 81.7 Å². The van der Waals surface area contributed by atoms with E-state index < -0.39 is 0 Å². The van der Waals surface area contributed by atoms with Crippen molar-refractivity contribution < 1.29 is 4.42 Å². The van der Waals surface area contributed by atoms with Crippen molar-refractivity contribution in [1.29, 1.82) is 0 Å². The molecule has 0 amide bonds. The quantitative estimate of drug-likeness (QED) is 0.702. The number of rotatable bonds is 3. The molecule has 13 heavy (non-hydrogen) atoms. The zero-order valence-electron chi connectivity index (χ0n) is 7.12. The topological polar surface area (TPSA) is 50.1 Å². The SMILES string of the molecule is S=C(NCc1cocn1)NC1CC1. The molecule has 0 spiro atoms. The number of oxazole rings is 1. The van der Waals surface area contributed by atoms with Gasteiger partial charge in [-0.15, -0.1) is 0 Å². The van der Waals surface area contributed by atoms with Gasteiger partial charge in [0.2, 0.25) is 0 Å². The Kier molecular flexibility index (Phi) is 2.44. The van der Waals surface area contributed by atoms with Gasteiger partial charge in [0, 0.05) is 6.04 Å². The van der Waals surface area contributed by atoms with E-state index in [-0.39, 0.29) is 0 Å². The van der Waals surface area contributed by atoms with Crippen molar-refractivity contribution in [2.24, 2.45) is 0 Å². The lowest BCUT2D eigenvalue weighted by atomic mass is 10.5. The van der Waals surface area contributed by atoms with Gasteiger partial charge in [-0.2, -0.15) is 0 Å². The van der Waals surface area contributed by atoms with Crippen LogP contribution in [-0.4, -0.2) is 16.1 Å². The molecule has 1 saturated carbocycles. The zero-order chi connectivity index (χ0) is 9.10. The minimum absolute atomic E-state index is 0.595. The maximum atomic E-state index is 5.06. The second kappa shape index (κ2) is 3.74. The van der Waals surface area contributed by atoms with Crippen molar-refractivity contribution >= 4 is 17.3 Å². The molecule has 1 aromatic heterocycles. The molecule has 70 valence electrons. The Morgan fingerprint density at radius 3 is 3.15 bits per heavy atom. The maximum Gasteiger partial charge on any atom is 0.180 e. The summed E-state index contributed by atoms with van der Waals surface area (Å²) in [7, 11) is 0. The average molecular weight is 197 g/mol. The van der Waals surface area contributed by atoms with Gasteiger partial charge in [0.05, 0.1) is 12.2 Å². The molecular formula is C8H11N3OS. The number of nitrogens with zero attached hydrogens (tertiary/aromatic N) is 1. The Balaban J connectivity index is 1.69. The molecule has 0 aliphatic heterocycles. The Hall–Kier alpha value is -1.10. The third-order valence-electron chi connectivity index (χ3n) is 1.83. The summed E-state index contributed by atoms with van der Waals surface area (Å²) >= 11 is 5.06. The molecule has 1 aliphatic rings. The lowest BCUT2D eigenvalue weighted by molar-refractivity contribution is 0.556. The van der Waals surface area contributed by atoms with E-state index in [0.29, 0.717) is 17.7 Å². The van der Waals surface area contributed by atoms with Gasteiger partial charge in [0.15, 0.2) is 11.5 Å². The first kappa shape index (κ1) is 8.50. The van der Waals surface area contributed by atoms with Gasteiger partial charge in [0.1, 0.15) is 6.26 Å². The van der Waals surface area contributed by atoms with Gasteiger partial charge in [-0.1, -0.05) is 0 Å². The largest absolute Gasteiger partial charge is 0.451 e. The predicted molar refractivity (Wildman–Crippen MR) is 52.1 cm³/mol. The third-order valence-corrected chi connectivity index (χ3v) is 2.09. The zero-order valence-corrected chi connectivity index (χ0v) is 7.93. The maximum absolute atomic E-state index is 5.06. The molecule has 2 N–H and O–H groups in total. The fourth-order valence-electron chi connectivity index (χ4n) is 0.960. The molecule has 0 bridgehead atoms. The molecule has 1 heterocycles. The van der Waals surface area contributed by atoms with E-state index in [1.807, 2.05) is 0 Å². The van der Waals surface area contributed by atoms with Gasteiger partial charge < -0.3 is 15.1 Å². The minimum atomic E-state index is 0.595. The molecule has 0 saturated heterocycles. The van der Waals surface area contributed by atoms with Crippen molar-refractivity contribution in [1.82, 2.24) is 15.6 Å². The van der Waals surface area contributed by atoms with Crippen molar-refractivity contribution in [3.8, 4) is 0 Å². The molecule has 4 nitrogen and oxygen atoms in total. The van der Waals surface area contributed by atoms with Crippen LogP contribution in [0.3, 0.4) is 0 Å². The molecule has 0 atom stereocenters. The van der Waals surface area contributed by atoms with Gasteiger partial charge in [-0.3, -0.25) is 0 Å². The Morgan fingerprint density at radius 2 is 2.54 bits per heavy atom. The molecule has 0 aromatic carbocycles. The molecule has 1 aromatic rings. The van der Waals surface area contributed by atoms with E-state index in [9.17, 15) is 0 Å². The van der Waals surface area contributed by atoms with Crippen molar-refractivity contribution in [3.63, 3.8) is 0 Å². The van der Waals surface area contributed by atoms with E-state index >= 15 is 0 Å². The summed E-state index contributed by atoms with van der Waals surface area (Å²) < 4.78 is 4.83. The fraction of sp³-hybridized carbons (Fsp3) is 0.500. The molecule has 2 rings (SSSR count). The lowest BCUT2D eigenvalue weighted by Crippen LogP contribution is -2.36. The second-order valence-corrected chi connectivity index (χ2v) is 3.49. The first-order valence-corrected chi connectivity index (χ1v) is 4.67.